The molecular formula is C20H18BrN3S. The highest BCUT2D eigenvalue weighted by Gasteiger charge is 2.18. The number of nitrogens with one attached hydrogen (secondary N) is 1. The number of fused-ring (bicyclic) bond motifs is 2. The Hall–Kier alpha value is -1.90. The highest BCUT2D eigenvalue weighted by Crippen LogP contribution is 2.38. The molecule has 0 fully saturated rings. The average molecular weight is 412 g/mol. The van der Waals surface area contributed by atoms with E-state index >= 15 is 0 Å². The average Bonchev–Trinajstić information content (AvgIpc) is 3.13. The maximum absolute atomic E-state index is 9.66. The van der Waals surface area contributed by atoms with Crippen LogP contribution in [-0.2, 0) is 12.8 Å². The smallest absolute Gasteiger partial charge is 0.134 e. The van der Waals surface area contributed by atoms with E-state index in [4.69, 9.17) is 4.99 Å². The molecule has 0 saturated carbocycles. The van der Waals surface area contributed by atoms with Crippen molar-refractivity contribution in [2.75, 3.05) is 0 Å². The summed E-state index contributed by atoms with van der Waals surface area (Å²) in [5, 5.41) is 11.7. The van der Waals surface area contributed by atoms with Gasteiger partial charge in [-0.2, -0.15) is 5.26 Å². The second-order valence-corrected chi connectivity index (χ2v) is 8.40. The predicted molar refractivity (Wildman–Crippen MR) is 108 cm³/mol. The van der Waals surface area contributed by atoms with E-state index in [1.165, 1.54) is 36.1 Å². The molecule has 0 bridgehead atoms. The Kier molecular flexibility index (Phi) is 4.74. The molecule has 5 heteroatoms. The Morgan fingerprint density at radius 2 is 2.04 bits per heavy atom. The number of nitrogens with zero attached hydrogens (tertiary/aromatic N) is 2. The molecule has 0 atom stereocenters. The first-order chi connectivity index (χ1) is 12.3. The summed E-state index contributed by atoms with van der Waals surface area (Å²) in [4.78, 5) is 9.34. The number of aryl methyl sites for hydroxylation is 1. The van der Waals surface area contributed by atoms with E-state index in [0.29, 0.717) is 0 Å². The first-order valence-corrected chi connectivity index (χ1v) is 10.2. The highest BCUT2D eigenvalue weighted by molar-refractivity contribution is 9.10. The van der Waals surface area contributed by atoms with E-state index in [1.807, 2.05) is 24.5 Å². The van der Waals surface area contributed by atoms with Crippen molar-refractivity contribution in [3.8, 4) is 6.07 Å². The fourth-order valence-corrected chi connectivity index (χ4v) is 5.01. The number of aromatic amines is 1. The molecule has 1 N–H and O–H groups in total. The lowest BCUT2D eigenvalue weighted by atomic mass is 9.97. The molecule has 2 heterocycles. The van der Waals surface area contributed by atoms with Gasteiger partial charge in [0.05, 0.1) is 5.56 Å². The summed E-state index contributed by atoms with van der Waals surface area (Å²) in [5.74, 6) is 0. The molecule has 1 aliphatic rings. The summed E-state index contributed by atoms with van der Waals surface area (Å²) in [7, 11) is 0. The third-order valence-corrected chi connectivity index (χ3v) is 6.45. The predicted octanol–water partition coefficient (Wildman–Crippen LogP) is 6.27. The SMILES string of the molecule is N#Cc1c(/N=C/c2c[nH]c3ccc(Br)cc23)sc2c1CCCCCC2. The van der Waals surface area contributed by atoms with Crippen molar-refractivity contribution in [2.45, 2.75) is 38.5 Å². The maximum Gasteiger partial charge on any atom is 0.134 e. The van der Waals surface area contributed by atoms with E-state index in [0.717, 1.165) is 44.3 Å². The zero-order valence-electron chi connectivity index (χ0n) is 13.8. The zero-order chi connectivity index (χ0) is 17.2. The van der Waals surface area contributed by atoms with Gasteiger partial charge in [-0.25, -0.2) is 4.99 Å². The van der Waals surface area contributed by atoms with Gasteiger partial charge in [-0.3, -0.25) is 0 Å². The molecule has 0 amide bonds. The summed E-state index contributed by atoms with van der Waals surface area (Å²) in [6.07, 6.45) is 10.9. The molecule has 1 aliphatic carbocycles. The molecule has 3 aromatic rings. The molecule has 126 valence electrons. The van der Waals surface area contributed by atoms with Gasteiger partial charge in [0.2, 0.25) is 0 Å². The zero-order valence-corrected chi connectivity index (χ0v) is 16.2. The van der Waals surface area contributed by atoms with Crippen LogP contribution in [0.3, 0.4) is 0 Å². The number of hydrogen-bond donors (Lipinski definition) is 1. The molecule has 0 saturated heterocycles. The number of hydrogen-bond acceptors (Lipinski definition) is 3. The fourth-order valence-electron chi connectivity index (χ4n) is 3.46. The van der Waals surface area contributed by atoms with Gasteiger partial charge in [-0.15, -0.1) is 11.3 Å². The lowest BCUT2D eigenvalue weighted by Crippen LogP contribution is -1.97. The third kappa shape index (κ3) is 3.29. The summed E-state index contributed by atoms with van der Waals surface area (Å²) in [6.45, 7) is 0. The Labute approximate surface area is 159 Å². The molecule has 2 aromatic heterocycles. The highest BCUT2D eigenvalue weighted by atomic mass is 79.9. The summed E-state index contributed by atoms with van der Waals surface area (Å²) in [6, 6.07) is 8.57. The van der Waals surface area contributed by atoms with E-state index in [9.17, 15) is 5.26 Å². The number of thiophene rings is 1. The second kappa shape index (κ2) is 7.15. The van der Waals surface area contributed by atoms with Gasteiger partial charge in [0, 0.05) is 38.2 Å². The third-order valence-electron chi connectivity index (χ3n) is 4.76. The van der Waals surface area contributed by atoms with Crippen molar-refractivity contribution in [3.05, 3.63) is 50.4 Å². The number of aliphatic imine (C=N–C) groups is 1. The van der Waals surface area contributed by atoms with Gasteiger partial charge in [-0.05, 0) is 49.4 Å². The standard InChI is InChI=1S/C20H18BrN3S/c21-14-7-8-18-16(9-14)13(11-23-18)12-24-20-17(10-22)15-5-3-1-2-4-6-19(15)25-20/h7-9,11-12,23H,1-6H2/b24-12+. The fraction of sp³-hybridized carbons (Fsp3) is 0.300. The van der Waals surface area contributed by atoms with Crippen molar-refractivity contribution in [3.63, 3.8) is 0 Å². The Bertz CT molecular complexity index is 990. The van der Waals surface area contributed by atoms with E-state index in [2.05, 4.69) is 33.0 Å². The minimum Gasteiger partial charge on any atom is -0.361 e. The number of halogens is 1. The van der Waals surface area contributed by atoms with Crippen LogP contribution in [0.25, 0.3) is 10.9 Å². The maximum atomic E-state index is 9.66. The van der Waals surface area contributed by atoms with Crippen molar-refractivity contribution >= 4 is 49.4 Å². The van der Waals surface area contributed by atoms with Crippen LogP contribution in [0.4, 0.5) is 5.00 Å². The van der Waals surface area contributed by atoms with Gasteiger partial charge in [0.25, 0.3) is 0 Å². The second-order valence-electron chi connectivity index (χ2n) is 6.40. The van der Waals surface area contributed by atoms with Crippen LogP contribution in [0.5, 0.6) is 0 Å². The molecule has 1 aromatic carbocycles. The van der Waals surface area contributed by atoms with Crippen molar-refractivity contribution < 1.29 is 0 Å². The molecule has 3 nitrogen and oxygen atoms in total. The van der Waals surface area contributed by atoms with Crippen molar-refractivity contribution in [1.29, 1.82) is 5.26 Å². The van der Waals surface area contributed by atoms with Gasteiger partial charge in [-0.1, -0.05) is 28.8 Å². The molecular weight excluding hydrogens is 394 g/mol. The van der Waals surface area contributed by atoms with Crippen LogP contribution in [0.1, 0.15) is 47.3 Å². The van der Waals surface area contributed by atoms with Crippen molar-refractivity contribution in [2.24, 2.45) is 4.99 Å². The lowest BCUT2D eigenvalue weighted by molar-refractivity contribution is 0.622. The number of rotatable bonds is 2. The van der Waals surface area contributed by atoms with Crippen LogP contribution in [0.2, 0.25) is 0 Å². The number of benzene rings is 1. The number of aromatic nitrogens is 1. The van der Waals surface area contributed by atoms with E-state index in [1.54, 1.807) is 11.3 Å². The summed E-state index contributed by atoms with van der Waals surface area (Å²) >= 11 is 5.22. The van der Waals surface area contributed by atoms with Crippen LogP contribution in [-0.4, -0.2) is 11.2 Å². The normalized spacial score (nSPS) is 15.0. The quantitative estimate of drug-likeness (QED) is 0.496. The first-order valence-electron chi connectivity index (χ1n) is 8.61. The van der Waals surface area contributed by atoms with Crippen molar-refractivity contribution in [1.82, 2.24) is 4.98 Å². The minimum atomic E-state index is 0.791. The van der Waals surface area contributed by atoms with Gasteiger partial charge in [0.1, 0.15) is 11.1 Å². The van der Waals surface area contributed by atoms with E-state index < -0.39 is 0 Å². The van der Waals surface area contributed by atoms with Crippen LogP contribution < -0.4 is 0 Å². The summed E-state index contributed by atoms with van der Waals surface area (Å²) in [5.41, 5.74) is 4.17. The lowest BCUT2D eigenvalue weighted by Gasteiger charge is -2.08. The van der Waals surface area contributed by atoms with Gasteiger partial charge < -0.3 is 4.98 Å². The molecule has 0 unspecified atom stereocenters. The van der Waals surface area contributed by atoms with Crippen LogP contribution in [0, 0.1) is 11.3 Å². The van der Waals surface area contributed by atoms with Crippen LogP contribution >= 0.6 is 27.3 Å². The molecule has 0 aliphatic heterocycles. The Morgan fingerprint density at radius 3 is 2.88 bits per heavy atom. The number of H-pyrrole nitrogens is 1. The summed E-state index contributed by atoms with van der Waals surface area (Å²) < 4.78 is 1.05. The molecule has 0 radical (unpaired) electrons. The van der Waals surface area contributed by atoms with Gasteiger partial charge in [0.15, 0.2) is 0 Å². The van der Waals surface area contributed by atoms with E-state index in [-0.39, 0.29) is 0 Å². The largest absolute Gasteiger partial charge is 0.361 e. The number of nitriles is 1. The van der Waals surface area contributed by atoms with Gasteiger partial charge >= 0.3 is 0 Å². The first kappa shape index (κ1) is 16.6. The topological polar surface area (TPSA) is 51.9 Å². The minimum absolute atomic E-state index is 0.791. The monoisotopic (exact) mass is 411 g/mol. The Balaban J connectivity index is 1.72. The molecule has 25 heavy (non-hydrogen) atoms. The Morgan fingerprint density at radius 1 is 1.20 bits per heavy atom. The molecule has 4 rings (SSSR count). The molecule has 0 spiro atoms. The van der Waals surface area contributed by atoms with Crippen LogP contribution in [0.15, 0.2) is 33.9 Å².